The highest BCUT2D eigenvalue weighted by Gasteiger charge is 2.51. The van der Waals surface area contributed by atoms with Crippen molar-refractivity contribution < 1.29 is 23.8 Å². The lowest BCUT2D eigenvalue weighted by atomic mass is 10.0. The van der Waals surface area contributed by atoms with Gasteiger partial charge in [-0.1, -0.05) is 0 Å². The van der Waals surface area contributed by atoms with Gasteiger partial charge in [0.2, 0.25) is 0 Å². The number of anilines is 2. The van der Waals surface area contributed by atoms with Crippen LogP contribution in [0.1, 0.15) is 13.8 Å². The SMILES string of the molecule is CCN1C(=O)C(C)(C(=O)Nc2ccc3c(c2)OCCO3)Oc2cccnc21. The molecule has 1 unspecified atom stereocenters. The molecule has 1 N–H and O–H groups in total. The van der Waals surface area contributed by atoms with Crippen LogP contribution in [0.15, 0.2) is 36.5 Å². The number of likely N-dealkylation sites (N-methyl/N-ethyl adjacent to an activating group) is 1. The van der Waals surface area contributed by atoms with Crippen LogP contribution in [0, 0.1) is 0 Å². The van der Waals surface area contributed by atoms with Crippen LogP contribution < -0.4 is 24.4 Å². The molecule has 0 aliphatic carbocycles. The third kappa shape index (κ3) is 2.83. The fourth-order valence-electron chi connectivity index (χ4n) is 3.09. The number of aromatic nitrogens is 1. The number of carbonyl (C=O) groups is 2. The summed E-state index contributed by atoms with van der Waals surface area (Å²) in [7, 11) is 0. The van der Waals surface area contributed by atoms with Crippen LogP contribution in [0.5, 0.6) is 17.2 Å². The summed E-state index contributed by atoms with van der Waals surface area (Å²) in [6.45, 7) is 4.58. The second kappa shape index (κ2) is 6.46. The highest BCUT2D eigenvalue weighted by molar-refractivity contribution is 6.19. The zero-order chi connectivity index (χ0) is 19.0. The molecule has 0 saturated heterocycles. The zero-order valence-corrected chi connectivity index (χ0v) is 15.0. The maximum atomic E-state index is 13.0. The Labute approximate surface area is 156 Å². The Hall–Kier alpha value is -3.29. The largest absolute Gasteiger partial charge is 0.486 e. The van der Waals surface area contributed by atoms with Crippen molar-refractivity contribution in [2.75, 3.05) is 30.0 Å². The number of hydrogen-bond acceptors (Lipinski definition) is 6. The fourth-order valence-corrected chi connectivity index (χ4v) is 3.09. The van der Waals surface area contributed by atoms with E-state index in [-0.39, 0.29) is 0 Å². The number of ether oxygens (including phenoxy) is 3. The van der Waals surface area contributed by atoms with E-state index in [0.29, 0.717) is 48.5 Å². The van der Waals surface area contributed by atoms with Crippen molar-refractivity contribution in [2.24, 2.45) is 0 Å². The number of rotatable bonds is 3. The van der Waals surface area contributed by atoms with Crippen molar-refractivity contribution in [3.63, 3.8) is 0 Å². The van der Waals surface area contributed by atoms with Crippen LogP contribution in [0.4, 0.5) is 11.5 Å². The smallest absolute Gasteiger partial charge is 0.282 e. The molecule has 1 aromatic heterocycles. The number of carbonyl (C=O) groups excluding carboxylic acids is 2. The summed E-state index contributed by atoms with van der Waals surface area (Å²) in [5, 5.41) is 2.74. The highest BCUT2D eigenvalue weighted by atomic mass is 16.6. The molecule has 0 saturated carbocycles. The van der Waals surface area contributed by atoms with E-state index in [2.05, 4.69) is 10.3 Å². The van der Waals surface area contributed by atoms with Gasteiger partial charge in [0, 0.05) is 24.5 Å². The molecule has 3 heterocycles. The van der Waals surface area contributed by atoms with Crippen molar-refractivity contribution in [3.05, 3.63) is 36.5 Å². The van der Waals surface area contributed by atoms with Crippen molar-refractivity contribution in [3.8, 4) is 17.2 Å². The molecule has 0 spiro atoms. The Kier molecular flexibility index (Phi) is 4.10. The fraction of sp³-hybridized carbons (Fsp3) is 0.316. The maximum absolute atomic E-state index is 13.0. The minimum Gasteiger partial charge on any atom is -0.486 e. The molecule has 2 amide bonds. The van der Waals surface area contributed by atoms with E-state index < -0.39 is 17.4 Å². The lowest BCUT2D eigenvalue weighted by molar-refractivity contribution is -0.145. The third-order valence-corrected chi connectivity index (χ3v) is 4.52. The van der Waals surface area contributed by atoms with Crippen LogP contribution in [0.3, 0.4) is 0 Å². The maximum Gasteiger partial charge on any atom is 0.282 e. The van der Waals surface area contributed by atoms with Gasteiger partial charge < -0.3 is 19.5 Å². The molecular formula is C19H19N3O5. The lowest BCUT2D eigenvalue weighted by Crippen LogP contribution is -2.60. The van der Waals surface area contributed by atoms with Gasteiger partial charge >= 0.3 is 0 Å². The molecule has 140 valence electrons. The first-order chi connectivity index (χ1) is 13.0. The molecule has 0 radical (unpaired) electrons. The zero-order valence-electron chi connectivity index (χ0n) is 15.0. The highest BCUT2D eigenvalue weighted by Crippen LogP contribution is 2.37. The summed E-state index contributed by atoms with van der Waals surface area (Å²) in [4.78, 5) is 31.6. The molecule has 1 atom stereocenters. The van der Waals surface area contributed by atoms with E-state index in [1.165, 1.54) is 11.8 Å². The van der Waals surface area contributed by atoms with Gasteiger partial charge in [-0.2, -0.15) is 0 Å². The summed E-state index contributed by atoms with van der Waals surface area (Å²) in [6, 6.07) is 8.45. The van der Waals surface area contributed by atoms with Gasteiger partial charge in [-0.25, -0.2) is 4.98 Å². The van der Waals surface area contributed by atoms with E-state index in [0.717, 1.165) is 0 Å². The molecule has 0 fully saturated rings. The van der Waals surface area contributed by atoms with Gasteiger partial charge in [-0.05, 0) is 38.1 Å². The molecule has 2 aliphatic rings. The number of pyridine rings is 1. The summed E-state index contributed by atoms with van der Waals surface area (Å²) in [5.74, 6) is 0.925. The Morgan fingerprint density at radius 2 is 2.00 bits per heavy atom. The Balaban J connectivity index is 1.62. The summed E-state index contributed by atoms with van der Waals surface area (Å²) in [6.07, 6.45) is 1.58. The summed E-state index contributed by atoms with van der Waals surface area (Å²) in [5.41, 5.74) is -1.22. The van der Waals surface area contributed by atoms with Crippen LogP contribution in [-0.4, -0.2) is 42.2 Å². The van der Waals surface area contributed by atoms with E-state index in [9.17, 15) is 9.59 Å². The number of amides is 2. The van der Waals surface area contributed by atoms with E-state index in [4.69, 9.17) is 14.2 Å². The van der Waals surface area contributed by atoms with Crippen LogP contribution >= 0.6 is 0 Å². The van der Waals surface area contributed by atoms with E-state index >= 15 is 0 Å². The minimum atomic E-state index is -1.71. The normalized spacial score (nSPS) is 20.5. The molecule has 2 aromatic rings. The average Bonchev–Trinajstić information content (AvgIpc) is 2.69. The average molecular weight is 369 g/mol. The van der Waals surface area contributed by atoms with Crippen molar-refractivity contribution in [1.29, 1.82) is 0 Å². The number of fused-ring (bicyclic) bond motifs is 2. The quantitative estimate of drug-likeness (QED) is 0.833. The predicted molar refractivity (Wildman–Crippen MR) is 97.4 cm³/mol. The number of benzene rings is 1. The van der Waals surface area contributed by atoms with Gasteiger partial charge in [-0.3, -0.25) is 14.5 Å². The first kappa shape index (κ1) is 17.1. The molecule has 1 aromatic carbocycles. The van der Waals surface area contributed by atoms with Gasteiger partial charge in [0.25, 0.3) is 17.4 Å². The van der Waals surface area contributed by atoms with Crippen LogP contribution in [0.2, 0.25) is 0 Å². The Morgan fingerprint density at radius 3 is 2.78 bits per heavy atom. The number of nitrogens with one attached hydrogen (secondary N) is 1. The molecular weight excluding hydrogens is 350 g/mol. The first-order valence-corrected chi connectivity index (χ1v) is 8.70. The van der Waals surface area contributed by atoms with Crippen molar-refractivity contribution >= 4 is 23.3 Å². The molecule has 2 aliphatic heterocycles. The van der Waals surface area contributed by atoms with E-state index in [1.807, 2.05) is 6.92 Å². The van der Waals surface area contributed by atoms with Crippen molar-refractivity contribution in [1.82, 2.24) is 4.98 Å². The van der Waals surface area contributed by atoms with Gasteiger partial charge in [0.15, 0.2) is 23.1 Å². The first-order valence-electron chi connectivity index (χ1n) is 8.70. The topological polar surface area (TPSA) is 90.0 Å². The molecule has 0 bridgehead atoms. The monoisotopic (exact) mass is 369 g/mol. The summed E-state index contributed by atoms with van der Waals surface area (Å²) < 4.78 is 16.8. The molecule has 8 heteroatoms. The van der Waals surface area contributed by atoms with Gasteiger partial charge in [0.05, 0.1) is 0 Å². The van der Waals surface area contributed by atoms with Crippen LogP contribution in [0.25, 0.3) is 0 Å². The number of hydrogen-bond donors (Lipinski definition) is 1. The number of nitrogens with zero attached hydrogens (tertiary/aromatic N) is 2. The standard InChI is InChI=1S/C19H19N3O5/c1-3-22-16-14(5-4-8-20-16)27-19(2,18(22)24)17(23)21-12-6-7-13-15(11-12)26-10-9-25-13/h4-8,11H,3,9-10H2,1-2H3,(H,21,23). The molecule has 4 rings (SSSR count). The third-order valence-electron chi connectivity index (χ3n) is 4.52. The minimum absolute atomic E-state index is 0.374. The van der Waals surface area contributed by atoms with Gasteiger partial charge in [0.1, 0.15) is 13.2 Å². The Bertz CT molecular complexity index is 916. The van der Waals surface area contributed by atoms with Gasteiger partial charge in [-0.15, -0.1) is 0 Å². The molecule has 27 heavy (non-hydrogen) atoms. The molecule has 8 nitrogen and oxygen atoms in total. The summed E-state index contributed by atoms with van der Waals surface area (Å²) >= 11 is 0. The lowest BCUT2D eigenvalue weighted by Gasteiger charge is -2.38. The van der Waals surface area contributed by atoms with Crippen LogP contribution in [-0.2, 0) is 9.59 Å². The predicted octanol–water partition coefficient (Wildman–Crippen LogP) is 2.00. The Morgan fingerprint density at radius 1 is 1.22 bits per heavy atom. The second-order valence-electron chi connectivity index (χ2n) is 6.32. The second-order valence-corrected chi connectivity index (χ2v) is 6.32. The van der Waals surface area contributed by atoms with Crippen molar-refractivity contribution in [2.45, 2.75) is 19.4 Å². The van der Waals surface area contributed by atoms with E-state index in [1.54, 1.807) is 36.5 Å².